The van der Waals surface area contributed by atoms with Gasteiger partial charge in [-0.15, -0.1) is 0 Å². The summed E-state index contributed by atoms with van der Waals surface area (Å²) in [6.07, 6.45) is 0. The normalized spacial score (nSPS) is 9.67. The molecule has 0 amide bonds. The average molecular weight is 281 g/mol. The second-order valence-electron chi connectivity index (χ2n) is 4.80. The van der Waals surface area contributed by atoms with Crippen molar-refractivity contribution in [1.29, 1.82) is 0 Å². The summed E-state index contributed by atoms with van der Waals surface area (Å²) >= 11 is 0. The molecule has 0 unspecified atom stereocenters. The van der Waals surface area contributed by atoms with E-state index in [9.17, 15) is 0 Å². The fourth-order valence-electron chi connectivity index (χ4n) is 1.92. The first-order valence-electron chi connectivity index (χ1n) is 6.78. The van der Waals surface area contributed by atoms with E-state index in [4.69, 9.17) is 9.84 Å². The number of nitrogens with zero attached hydrogens (tertiary/aromatic N) is 1. The molecule has 0 atom stereocenters. The fraction of sp³-hybridized carbons (Fsp3) is 0.222. The maximum Gasteiger partial charge on any atom is 0.121 e. The molecule has 0 aromatic heterocycles. The van der Waals surface area contributed by atoms with E-state index >= 15 is 0 Å². The van der Waals surface area contributed by atoms with E-state index in [-0.39, 0.29) is 6.61 Å². The number of benzene rings is 2. The Labute approximate surface area is 125 Å². The molecule has 3 heteroatoms. The molecule has 2 rings (SSSR count). The van der Waals surface area contributed by atoms with Crippen molar-refractivity contribution < 1.29 is 9.84 Å². The van der Waals surface area contributed by atoms with Crippen molar-refractivity contribution in [2.24, 2.45) is 0 Å². The highest BCUT2D eigenvalue weighted by atomic mass is 16.5. The highest BCUT2D eigenvalue weighted by molar-refractivity contribution is 5.49. The summed E-state index contributed by atoms with van der Waals surface area (Å²) in [5, 5.41) is 8.80. The molecule has 0 spiro atoms. The Bertz CT molecular complexity index is 654. The molecule has 0 aliphatic heterocycles. The number of ether oxygens (including phenoxy) is 1. The van der Waals surface area contributed by atoms with E-state index in [2.05, 4.69) is 11.8 Å². The number of anilines is 1. The van der Waals surface area contributed by atoms with Crippen LogP contribution >= 0.6 is 0 Å². The molecule has 0 saturated heterocycles. The Kier molecular flexibility index (Phi) is 5.25. The van der Waals surface area contributed by atoms with Crippen LogP contribution in [-0.4, -0.2) is 25.8 Å². The molecule has 1 N–H and O–H groups in total. The van der Waals surface area contributed by atoms with Crippen molar-refractivity contribution in [3.8, 4) is 17.6 Å². The van der Waals surface area contributed by atoms with Crippen molar-refractivity contribution >= 4 is 5.69 Å². The molecule has 0 saturated carbocycles. The predicted octanol–water partition coefficient (Wildman–Crippen LogP) is 2.68. The van der Waals surface area contributed by atoms with E-state index in [1.807, 2.05) is 67.5 Å². The monoisotopic (exact) mass is 281 g/mol. The quantitative estimate of drug-likeness (QED) is 0.875. The minimum absolute atomic E-state index is 0.139. The minimum Gasteiger partial charge on any atom is -0.489 e. The van der Waals surface area contributed by atoms with Gasteiger partial charge in [0.1, 0.15) is 19.0 Å². The molecule has 2 aromatic rings. The van der Waals surface area contributed by atoms with Crippen molar-refractivity contribution in [1.82, 2.24) is 0 Å². The molecule has 0 heterocycles. The van der Waals surface area contributed by atoms with E-state index in [1.165, 1.54) is 0 Å². The van der Waals surface area contributed by atoms with Crippen LogP contribution in [0.2, 0.25) is 0 Å². The van der Waals surface area contributed by atoms with Crippen LogP contribution in [0.15, 0.2) is 48.5 Å². The van der Waals surface area contributed by atoms with Gasteiger partial charge in [0.15, 0.2) is 0 Å². The van der Waals surface area contributed by atoms with Crippen LogP contribution in [0.3, 0.4) is 0 Å². The fourth-order valence-corrected chi connectivity index (χ4v) is 1.92. The van der Waals surface area contributed by atoms with Crippen molar-refractivity contribution in [2.75, 3.05) is 25.6 Å². The summed E-state index contributed by atoms with van der Waals surface area (Å²) in [4.78, 5) is 2.04. The highest BCUT2D eigenvalue weighted by Gasteiger charge is 2.02. The second kappa shape index (κ2) is 7.37. The average Bonchev–Trinajstić information content (AvgIpc) is 2.52. The Morgan fingerprint density at radius 3 is 2.67 bits per heavy atom. The molecule has 21 heavy (non-hydrogen) atoms. The third-order valence-electron chi connectivity index (χ3n) is 3.05. The van der Waals surface area contributed by atoms with Crippen LogP contribution in [0.4, 0.5) is 5.69 Å². The summed E-state index contributed by atoms with van der Waals surface area (Å²) in [5.74, 6) is 6.44. The number of aliphatic hydroxyl groups excluding tert-OH is 1. The van der Waals surface area contributed by atoms with Gasteiger partial charge in [-0.1, -0.05) is 36.1 Å². The van der Waals surface area contributed by atoms with E-state index in [1.54, 1.807) is 0 Å². The summed E-state index contributed by atoms with van der Waals surface area (Å²) in [7, 11) is 4.00. The number of hydrogen-bond donors (Lipinski definition) is 1. The van der Waals surface area contributed by atoms with Crippen LogP contribution in [0.25, 0.3) is 0 Å². The zero-order valence-electron chi connectivity index (χ0n) is 12.3. The minimum atomic E-state index is -0.139. The SMILES string of the molecule is CN(C)c1cccc(OCc2ccccc2C#CCO)c1. The Morgan fingerprint density at radius 2 is 1.90 bits per heavy atom. The lowest BCUT2D eigenvalue weighted by Crippen LogP contribution is -2.08. The van der Waals surface area contributed by atoms with Gasteiger partial charge in [-0.2, -0.15) is 0 Å². The molecular weight excluding hydrogens is 262 g/mol. The van der Waals surface area contributed by atoms with Crippen LogP contribution in [-0.2, 0) is 6.61 Å². The van der Waals surface area contributed by atoms with Gasteiger partial charge in [-0.3, -0.25) is 0 Å². The van der Waals surface area contributed by atoms with Crippen LogP contribution in [0.1, 0.15) is 11.1 Å². The molecule has 0 radical (unpaired) electrons. The molecular formula is C18H19NO2. The zero-order chi connectivity index (χ0) is 15.1. The largest absolute Gasteiger partial charge is 0.489 e. The summed E-state index contributed by atoms with van der Waals surface area (Å²) < 4.78 is 5.85. The molecule has 0 fully saturated rings. The smallest absolute Gasteiger partial charge is 0.121 e. The van der Waals surface area contributed by atoms with E-state index in [0.29, 0.717) is 6.61 Å². The second-order valence-corrected chi connectivity index (χ2v) is 4.80. The molecule has 0 bridgehead atoms. The van der Waals surface area contributed by atoms with Gasteiger partial charge in [0.25, 0.3) is 0 Å². The van der Waals surface area contributed by atoms with Crippen LogP contribution in [0.5, 0.6) is 5.75 Å². The Balaban J connectivity index is 2.11. The first-order chi connectivity index (χ1) is 10.2. The third-order valence-corrected chi connectivity index (χ3v) is 3.05. The lowest BCUT2D eigenvalue weighted by Gasteiger charge is -2.14. The van der Waals surface area contributed by atoms with E-state index in [0.717, 1.165) is 22.6 Å². The van der Waals surface area contributed by atoms with Crippen LogP contribution in [0, 0.1) is 11.8 Å². The third kappa shape index (κ3) is 4.27. The summed E-state index contributed by atoms with van der Waals surface area (Å²) in [5.41, 5.74) is 2.99. The van der Waals surface area contributed by atoms with Gasteiger partial charge in [0.2, 0.25) is 0 Å². The van der Waals surface area contributed by atoms with E-state index < -0.39 is 0 Å². The zero-order valence-corrected chi connectivity index (χ0v) is 12.3. The molecule has 108 valence electrons. The van der Waals surface area contributed by atoms with Crippen molar-refractivity contribution in [2.45, 2.75) is 6.61 Å². The standard InChI is InChI=1S/C18H19NO2/c1-19(2)17-10-5-11-18(13-17)21-14-16-8-4-3-7-15(16)9-6-12-20/h3-5,7-8,10-11,13,20H,12,14H2,1-2H3. The summed E-state index contributed by atoms with van der Waals surface area (Å²) in [6.45, 7) is 0.313. The Morgan fingerprint density at radius 1 is 1.10 bits per heavy atom. The first-order valence-corrected chi connectivity index (χ1v) is 6.78. The number of hydrogen-bond acceptors (Lipinski definition) is 3. The Hall–Kier alpha value is -2.44. The number of rotatable bonds is 4. The number of aliphatic hydroxyl groups is 1. The van der Waals surface area contributed by atoms with Gasteiger partial charge in [-0.05, 0) is 18.2 Å². The van der Waals surface area contributed by atoms with Gasteiger partial charge in [0.05, 0.1) is 0 Å². The maximum absolute atomic E-state index is 8.80. The van der Waals surface area contributed by atoms with Gasteiger partial charge < -0.3 is 14.7 Å². The molecule has 3 nitrogen and oxygen atoms in total. The molecule has 0 aliphatic carbocycles. The van der Waals surface area contributed by atoms with Gasteiger partial charge in [-0.25, -0.2) is 0 Å². The maximum atomic E-state index is 8.80. The lowest BCUT2D eigenvalue weighted by atomic mass is 10.1. The predicted molar refractivity (Wildman–Crippen MR) is 85.5 cm³/mol. The molecule has 2 aromatic carbocycles. The lowest BCUT2D eigenvalue weighted by molar-refractivity contribution is 0.306. The van der Waals surface area contributed by atoms with Gasteiger partial charge >= 0.3 is 0 Å². The highest BCUT2D eigenvalue weighted by Crippen LogP contribution is 2.20. The first kappa shape index (κ1) is 15.0. The van der Waals surface area contributed by atoms with Gasteiger partial charge in [0, 0.05) is 37.0 Å². The topological polar surface area (TPSA) is 32.7 Å². The summed E-state index contributed by atoms with van der Waals surface area (Å²) in [6, 6.07) is 15.7. The molecule has 0 aliphatic rings. The van der Waals surface area contributed by atoms with Crippen molar-refractivity contribution in [3.63, 3.8) is 0 Å². The van der Waals surface area contributed by atoms with Crippen molar-refractivity contribution in [3.05, 3.63) is 59.7 Å². The van der Waals surface area contributed by atoms with Crippen LogP contribution < -0.4 is 9.64 Å².